The van der Waals surface area contributed by atoms with Gasteiger partial charge in [0.05, 0.1) is 13.7 Å². The van der Waals surface area contributed by atoms with Gasteiger partial charge in [-0.1, -0.05) is 18.2 Å². The Kier molecular flexibility index (Phi) is 6.58. The van der Waals surface area contributed by atoms with Crippen LogP contribution < -0.4 is 19.5 Å². The molecule has 2 aromatic carbocycles. The zero-order valence-electron chi connectivity index (χ0n) is 17.4. The maximum atomic E-state index is 9.36. The Labute approximate surface area is 185 Å². The van der Waals surface area contributed by atoms with Gasteiger partial charge in [0, 0.05) is 0 Å². The molecule has 0 amide bonds. The van der Waals surface area contributed by atoms with E-state index in [1.165, 1.54) is 0 Å². The second kappa shape index (κ2) is 10.1. The number of rotatable bonds is 10. The Morgan fingerprint density at radius 2 is 1.66 bits per heavy atom. The number of aromatic nitrogens is 1. The predicted molar refractivity (Wildman–Crippen MR) is 117 cm³/mol. The van der Waals surface area contributed by atoms with Crippen molar-refractivity contribution in [1.82, 2.24) is 4.98 Å². The Balaban J connectivity index is 1.34. The maximum Gasteiger partial charge on any atom is 0.266 e. The number of ether oxygens (including phenoxy) is 3. The first-order chi connectivity index (χ1) is 15.7. The lowest BCUT2D eigenvalue weighted by Crippen LogP contribution is -2.11. The highest BCUT2D eigenvalue weighted by Crippen LogP contribution is 2.27. The van der Waals surface area contributed by atoms with E-state index in [4.69, 9.17) is 23.0 Å². The van der Waals surface area contributed by atoms with Gasteiger partial charge < -0.3 is 28.4 Å². The number of furan rings is 1. The van der Waals surface area contributed by atoms with E-state index in [1.807, 2.05) is 60.7 Å². The van der Waals surface area contributed by atoms with E-state index >= 15 is 0 Å². The fourth-order valence-corrected chi connectivity index (χ4v) is 2.87. The number of methoxy groups -OCH3 is 1. The first-order valence-electron chi connectivity index (χ1n) is 9.94. The molecule has 0 bridgehead atoms. The second-order valence-electron chi connectivity index (χ2n) is 6.63. The van der Waals surface area contributed by atoms with Crippen LogP contribution in [0.2, 0.25) is 0 Å². The van der Waals surface area contributed by atoms with Crippen molar-refractivity contribution in [2.75, 3.05) is 25.6 Å². The van der Waals surface area contributed by atoms with E-state index in [2.05, 4.69) is 10.3 Å². The van der Waals surface area contributed by atoms with Crippen LogP contribution in [0.1, 0.15) is 11.5 Å². The van der Waals surface area contributed by atoms with Gasteiger partial charge in [-0.05, 0) is 48.5 Å². The minimum absolute atomic E-state index is 0.146. The Morgan fingerprint density at radius 3 is 2.41 bits per heavy atom. The highest BCUT2D eigenvalue weighted by molar-refractivity contribution is 5.54. The molecule has 162 valence electrons. The van der Waals surface area contributed by atoms with Crippen LogP contribution in [-0.4, -0.2) is 25.2 Å². The van der Waals surface area contributed by atoms with Gasteiger partial charge in [0.2, 0.25) is 11.6 Å². The number of nitrogens with one attached hydrogen (secondary N) is 1. The van der Waals surface area contributed by atoms with Crippen LogP contribution in [0.4, 0.5) is 5.88 Å². The van der Waals surface area contributed by atoms with Crippen molar-refractivity contribution in [3.8, 4) is 35.0 Å². The third kappa shape index (κ3) is 5.21. The summed E-state index contributed by atoms with van der Waals surface area (Å²) in [7, 11) is 1.61. The third-order valence-electron chi connectivity index (χ3n) is 4.45. The van der Waals surface area contributed by atoms with Gasteiger partial charge in [-0.3, -0.25) is 0 Å². The number of nitrogens with zero attached hydrogens (tertiary/aromatic N) is 2. The zero-order chi connectivity index (χ0) is 22.2. The summed E-state index contributed by atoms with van der Waals surface area (Å²) in [5, 5.41) is 12.4. The normalized spacial score (nSPS) is 10.4. The molecule has 0 atom stereocenters. The van der Waals surface area contributed by atoms with E-state index in [0.717, 1.165) is 11.5 Å². The summed E-state index contributed by atoms with van der Waals surface area (Å²) in [5.74, 6) is 3.70. The van der Waals surface area contributed by atoms with E-state index < -0.39 is 0 Å². The van der Waals surface area contributed by atoms with E-state index in [-0.39, 0.29) is 24.1 Å². The van der Waals surface area contributed by atoms with Crippen LogP contribution >= 0.6 is 0 Å². The van der Waals surface area contributed by atoms with Gasteiger partial charge in [-0.15, -0.1) is 0 Å². The minimum atomic E-state index is 0.146. The van der Waals surface area contributed by atoms with E-state index in [1.54, 1.807) is 19.2 Å². The molecule has 0 radical (unpaired) electrons. The average Bonchev–Trinajstić information content (AvgIpc) is 3.48. The van der Waals surface area contributed by atoms with E-state index in [9.17, 15) is 5.26 Å². The van der Waals surface area contributed by atoms with Crippen LogP contribution in [0.3, 0.4) is 0 Å². The molecule has 4 aromatic rings. The summed E-state index contributed by atoms with van der Waals surface area (Å²) in [6.45, 7) is 1.08. The predicted octanol–water partition coefficient (Wildman–Crippen LogP) is 4.88. The summed E-state index contributed by atoms with van der Waals surface area (Å²) in [5.41, 5.74) is 0.146. The Morgan fingerprint density at radius 1 is 0.906 bits per heavy atom. The molecule has 2 heterocycles. The Hall–Kier alpha value is -4.38. The molecule has 0 spiro atoms. The van der Waals surface area contributed by atoms with Gasteiger partial charge >= 0.3 is 0 Å². The Bertz CT molecular complexity index is 1180. The molecule has 1 N–H and O–H groups in total. The summed E-state index contributed by atoms with van der Waals surface area (Å²) in [6, 6.07) is 22.3. The van der Waals surface area contributed by atoms with Crippen LogP contribution in [-0.2, 0) is 6.61 Å². The first kappa shape index (κ1) is 20.9. The van der Waals surface area contributed by atoms with Gasteiger partial charge in [0.15, 0.2) is 5.76 Å². The zero-order valence-corrected chi connectivity index (χ0v) is 17.4. The molecule has 32 heavy (non-hydrogen) atoms. The topological polar surface area (TPSA) is 103 Å². The number of anilines is 1. The van der Waals surface area contributed by atoms with Crippen molar-refractivity contribution in [2.24, 2.45) is 0 Å². The molecule has 8 heteroatoms. The molecule has 0 aliphatic rings. The molecule has 0 saturated heterocycles. The van der Waals surface area contributed by atoms with Crippen molar-refractivity contribution < 1.29 is 23.0 Å². The van der Waals surface area contributed by atoms with Gasteiger partial charge in [-0.2, -0.15) is 10.2 Å². The highest BCUT2D eigenvalue weighted by Gasteiger charge is 2.17. The molecule has 4 rings (SSSR count). The molecule has 0 unspecified atom stereocenters. The first-order valence-corrected chi connectivity index (χ1v) is 9.94. The number of benzene rings is 2. The largest absolute Gasteiger partial charge is 0.497 e. The smallest absolute Gasteiger partial charge is 0.266 e. The van der Waals surface area contributed by atoms with Crippen molar-refractivity contribution in [3.05, 3.63) is 78.2 Å². The van der Waals surface area contributed by atoms with Crippen LogP contribution in [0.5, 0.6) is 17.2 Å². The summed E-state index contributed by atoms with van der Waals surface area (Å²) < 4.78 is 27.9. The molecule has 0 saturated carbocycles. The van der Waals surface area contributed by atoms with Gasteiger partial charge in [0.1, 0.15) is 42.3 Å². The lowest BCUT2D eigenvalue weighted by molar-refractivity contribution is 0.270. The lowest BCUT2D eigenvalue weighted by atomic mass is 10.3. The quantitative estimate of drug-likeness (QED) is 0.354. The standard InChI is InChI=1S/C24H21N3O5/c1-28-17-7-9-19(10-8-17)30-16-20-11-12-22(31-20)24-27-21(15-25)23(32-24)26-13-14-29-18-5-3-2-4-6-18/h2-12,26H,13-14,16H2,1H3. The molecule has 0 aliphatic carbocycles. The molecular weight excluding hydrogens is 410 g/mol. The van der Waals surface area contributed by atoms with Gasteiger partial charge in [-0.25, -0.2) is 0 Å². The summed E-state index contributed by atoms with van der Waals surface area (Å²) in [6.07, 6.45) is 0. The van der Waals surface area contributed by atoms with Gasteiger partial charge in [0.25, 0.3) is 5.89 Å². The second-order valence-corrected chi connectivity index (χ2v) is 6.63. The number of hydrogen-bond donors (Lipinski definition) is 1. The molecule has 2 aromatic heterocycles. The van der Waals surface area contributed by atoms with Crippen LogP contribution in [0, 0.1) is 11.3 Å². The average molecular weight is 431 g/mol. The number of oxazole rings is 1. The monoisotopic (exact) mass is 431 g/mol. The molecular formula is C24H21N3O5. The summed E-state index contributed by atoms with van der Waals surface area (Å²) >= 11 is 0. The summed E-state index contributed by atoms with van der Waals surface area (Å²) in [4.78, 5) is 4.21. The van der Waals surface area contributed by atoms with Crippen molar-refractivity contribution in [3.63, 3.8) is 0 Å². The fraction of sp³-hybridized carbons (Fsp3) is 0.167. The minimum Gasteiger partial charge on any atom is -0.497 e. The molecule has 8 nitrogen and oxygen atoms in total. The van der Waals surface area contributed by atoms with E-state index in [0.29, 0.717) is 30.4 Å². The van der Waals surface area contributed by atoms with Crippen molar-refractivity contribution in [2.45, 2.75) is 6.61 Å². The van der Waals surface area contributed by atoms with Crippen LogP contribution in [0.15, 0.2) is 75.6 Å². The van der Waals surface area contributed by atoms with Crippen molar-refractivity contribution in [1.29, 1.82) is 5.26 Å². The number of nitriles is 1. The molecule has 0 aliphatic heterocycles. The lowest BCUT2D eigenvalue weighted by Gasteiger charge is -2.06. The highest BCUT2D eigenvalue weighted by atomic mass is 16.5. The SMILES string of the molecule is COc1ccc(OCc2ccc(-c3nc(C#N)c(NCCOc4ccccc4)o3)o2)cc1. The maximum absolute atomic E-state index is 9.36. The fourth-order valence-electron chi connectivity index (χ4n) is 2.87. The van der Waals surface area contributed by atoms with Crippen LogP contribution in [0.25, 0.3) is 11.7 Å². The molecule has 0 fully saturated rings. The number of para-hydroxylation sites is 1. The van der Waals surface area contributed by atoms with Crippen molar-refractivity contribution >= 4 is 5.88 Å². The number of hydrogen-bond acceptors (Lipinski definition) is 8. The third-order valence-corrected chi connectivity index (χ3v) is 4.45.